The summed E-state index contributed by atoms with van der Waals surface area (Å²) < 4.78 is 23.2. The van der Waals surface area contributed by atoms with Gasteiger partial charge in [0.25, 0.3) is 0 Å². The minimum Gasteiger partial charge on any atom is -0.460 e. The maximum absolute atomic E-state index is 11.6. The van der Waals surface area contributed by atoms with Crippen LogP contribution in [-0.4, -0.2) is 47.8 Å². The van der Waals surface area contributed by atoms with Crippen molar-refractivity contribution in [2.24, 2.45) is 0 Å². The van der Waals surface area contributed by atoms with Gasteiger partial charge in [-0.15, -0.1) is 5.10 Å². The highest BCUT2D eigenvalue weighted by molar-refractivity contribution is 5.90. The van der Waals surface area contributed by atoms with Crippen LogP contribution >= 0.6 is 0 Å². The summed E-state index contributed by atoms with van der Waals surface area (Å²) in [6, 6.07) is 13.2. The lowest BCUT2D eigenvalue weighted by molar-refractivity contribution is -0.115. The quantitative estimate of drug-likeness (QED) is 0.570. The Balaban J connectivity index is 1.67. The first-order chi connectivity index (χ1) is 14.7. The van der Waals surface area contributed by atoms with Crippen molar-refractivity contribution >= 4 is 11.6 Å². The van der Waals surface area contributed by atoms with Crippen molar-refractivity contribution in [2.45, 2.75) is 13.3 Å². The zero-order valence-corrected chi connectivity index (χ0v) is 16.8. The van der Waals surface area contributed by atoms with Crippen LogP contribution in [0, 0.1) is 0 Å². The van der Waals surface area contributed by atoms with E-state index in [9.17, 15) is 4.79 Å². The number of fused-ring (bicyclic) bond motifs is 1. The second-order valence-corrected chi connectivity index (χ2v) is 6.49. The van der Waals surface area contributed by atoms with Gasteiger partial charge in [0.05, 0.1) is 12.3 Å². The molecule has 9 nitrogen and oxygen atoms in total. The summed E-state index contributed by atoms with van der Waals surface area (Å²) in [6.45, 7) is 2.77. The van der Waals surface area contributed by atoms with Gasteiger partial charge in [-0.3, -0.25) is 4.79 Å². The minimum atomic E-state index is -0.0432. The van der Waals surface area contributed by atoms with E-state index in [1.54, 1.807) is 11.8 Å². The number of ether oxygens (including phenoxy) is 4. The summed E-state index contributed by atoms with van der Waals surface area (Å²) in [6.07, 6.45) is 0.418. The van der Waals surface area contributed by atoms with Crippen LogP contribution in [0.2, 0.25) is 0 Å². The van der Waals surface area contributed by atoms with Crippen LogP contribution in [0.25, 0.3) is 17.1 Å². The number of amides is 1. The zero-order valence-electron chi connectivity index (χ0n) is 16.8. The van der Waals surface area contributed by atoms with Gasteiger partial charge >= 0.3 is 6.01 Å². The smallest absolute Gasteiger partial charge is 0.336 e. The fraction of sp³-hybridized carbons (Fsp3) is 0.286. The van der Waals surface area contributed by atoms with Gasteiger partial charge in [-0.1, -0.05) is 6.92 Å². The standard InChI is InChI=1S/C21H22N4O5/c1-3-19(26)22-15-5-7-16(8-6-15)25-20(23-21(24-25)28-11-10-27-2)14-4-9-17-18(12-14)30-13-29-17/h4-9,12H,3,10-11,13H2,1-2H3,(H,22,26). The number of carbonyl (C=O) groups excluding carboxylic acids is 1. The number of rotatable bonds is 8. The van der Waals surface area contributed by atoms with E-state index in [2.05, 4.69) is 15.4 Å². The molecule has 0 aliphatic carbocycles. The normalized spacial score (nSPS) is 12.1. The largest absolute Gasteiger partial charge is 0.460 e. The Labute approximate surface area is 173 Å². The molecule has 1 N–H and O–H groups in total. The number of nitrogens with zero attached hydrogens (tertiary/aromatic N) is 3. The molecular weight excluding hydrogens is 388 g/mol. The van der Waals surface area contributed by atoms with Crippen LogP contribution in [-0.2, 0) is 9.53 Å². The van der Waals surface area contributed by atoms with Gasteiger partial charge in [-0.05, 0) is 42.5 Å². The Morgan fingerprint density at radius 2 is 1.93 bits per heavy atom. The number of methoxy groups -OCH3 is 1. The molecule has 0 radical (unpaired) electrons. The van der Waals surface area contributed by atoms with E-state index in [1.807, 2.05) is 49.4 Å². The number of anilines is 1. The van der Waals surface area contributed by atoms with Crippen LogP contribution in [0.5, 0.6) is 17.5 Å². The molecule has 2 aromatic carbocycles. The third-order valence-electron chi connectivity index (χ3n) is 4.45. The van der Waals surface area contributed by atoms with Crippen molar-refractivity contribution in [2.75, 3.05) is 32.4 Å². The second-order valence-electron chi connectivity index (χ2n) is 6.49. The van der Waals surface area contributed by atoms with Gasteiger partial charge in [0.1, 0.15) is 6.61 Å². The first-order valence-electron chi connectivity index (χ1n) is 9.57. The molecule has 1 amide bonds. The van der Waals surface area contributed by atoms with Crippen LogP contribution in [0.3, 0.4) is 0 Å². The van der Waals surface area contributed by atoms with E-state index >= 15 is 0 Å². The molecular formula is C21H22N4O5. The molecule has 0 spiro atoms. The van der Waals surface area contributed by atoms with Crippen molar-refractivity contribution in [1.29, 1.82) is 0 Å². The van der Waals surface area contributed by atoms with Gasteiger partial charge in [0, 0.05) is 24.8 Å². The van der Waals surface area contributed by atoms with Crippen LogP contribution in [0.1, 0.15) is 13.3 Å². The highest BCUT2D eigenvalue weighted by Gasteiger charge is 2.19. The molecule has 0 unspecified atom stereocenters. The molecule has 0 saturated carbocycles. The molecule has 0 saturated heterocycles. The van der Waals surface area contributed by atoms with E-state index in [0.29, 0.717) is 42.6 Å². The minimum absolute atomic E-state index is 0.0432. The lowest BCUT2D eigenvalue weighted by Gasteiger charge is -2.08. The highest BCUT2D eigenvalue weighted by atomic mass is 16.7. The van der Waals surface area contributed by atoms with E-state index in [4.69, 9.17) is 18.9 Å². The summed E-state index contributed by atoms with van der Waals surface area (Å²) in [5.41, 5.74) is 2.29. The van der Waals surface area contributed by atoms with E-state index in [0.717, 1.165) is 11.3 Å². The number of benzene rings is 2. The lowest BCUT2D eigenvalue weighted by Crippen LogP contribution is -2.09. The Morgan fingerprint density at radius 3 is 2.70 bits per heavy atom. The van der Waals surface area contributed by atoms with Gasteiger partial charge in [-0.25, -0.2) is 4.68 Å². The Hall–Kier alpha value is -3.59. The third-order valence-corrected chi connectivity index (χ3v) is 4.45. The molecule has 1 aliphatic rings. The molecule has 9 heteroatoms. The fourth-order valence-corrected chi connectivity index (χ4v) is 2.91. The zero-order chi connectivity index (χ0) is 20.9. The maximum Gasteiger partial charge on any atom is 0.336 e. The highest BCUT2D eigenvalue weighted by Crippen LogP contribution is 2.36. The molecule has 1 aromatic heterocycles. The van der Waals surface area contributed by atoms with Crippen LogP contribution in [0.15, 0.2) is 42.5 Å². The third kappa shape index (κ3) is 4.20. The topological polar surface area (TPSA) is 96.7 Å². The first-order valence-corrected chi connectivity index (χ1v) is 9.57. The van der Waals surface area contributed by atoms with Gasteiger partial charge < -0.3 is 24.3 Å². The summed E-state index contributed by atoms with van der Waals surface area (Å²) in [7, 11) is 1.60. The summed E-state index contributed by atoms with van der Waals surface area (Å²) >= 11 is 0. The van der Waals surface area contributed by atoms with Crippen molar-refractivity contribution in [1.82, 2.24) is 14.8 Å². The number of hydrogen-bond donors (Lipinski definition) is 1. The van der Waals surface area contributed by atoms with Gasteiger partial charge in [0.15, 0.2) is 17.3 Å². The number of carbonyl (C=O) groups is 1. The lowest BCUT2D eigenvalue weighted by atomic mass is 10.2. The van der Waals surface area contributed by atoms with E-state index < -0.39 is 0 Å². The summed E-state index contributed by atoms with van der Waals surface area (Å²) in [4.78, 5) is 16.2. The fourth-order valence-electron chi connectivity index (χ4n) is 2.91. The molecule has 30 heavy (non-hydrogen) atoms. The van der Waals surface area contributed by atoms with Gasteiger partial charge in [-0.2, -0.15) is 4.98 Å². The molecule has 1 aliphatic heterocycles. The maximum atomic E-state index is 11.6. The molecule has 156 valence electrons. The molecule has 2 heterocycles. The monoisotopic (exact) mass is 410 g/mol. The molecule has 3 aromatic rings. The Kier molecular flexibility index (Phi) is 5.80. The van der Waals surface area contributed by atoms with Crippen LogP contribution in [0.4, 0.5) is 5.69 Å². The van der Waals surface area contributed by atoms with Crippen molar-refractivity contribution in [3.63, 3.8) is 0 Å². The van der Waals surface area contributed by atoms with Crippen molar-refractivity contribution in [3.05, 3.63) is 42.5 Å². The predicted molar refractivity (Wildman–Crippen MR) is 109 cm³/mol. The average Bonchev–Trinajstić information content (AvgIpc) is 3.41. The van der Waals surface area contributed by atoms with Crippen molar-refractivity contribution < 1.29 is 23.7 Å². The summed E-state index contributed by atoms with van der Waals surface area (Å²) in [5.74, 6) is 1.89. The Morgan fingerprint density at radius 1 is 1.13 bits per heavy atom. The van der Waals surface area contributed by atoms with Crippen LogP contribution < -0.4 is 19.5 Å². The number of nitrogens with one attached hydrogen (secondary N) is 1. The molecule has 4 rings (SSSR count). The molecule has 0 bridgehead atoms. The van der Waals surface area contributed by atoms with Gasteiger partial charge in [0.2, 0.25) is 12.7 Å². The number of aromatic nitrogens is 3. The average molecular weight is 410 g/mol. The summed E-state index contributed by atoms with van der Waals surface area (Å²) in [5, 5.41) is 7.33. The van der Waals surface area contributed by atoms with Crippen molar-refractivity contribution in [3.8, 4) is 34.6 Å². The SMILES string of the molecule is CCC(=O)Nc1ccc(-n2nc(OCCOC)nc2-c2ccc3c(c2)OCO3)cc1. The second kappa shape index (κ2) is 8.83. The predicted octanol–water partition coefficient (Wildman–Crippen LogP) is 3.04. The number of hydrogen-bond acceptors (Lipinski definition) is 7. The first kappa shape index (κ1) is 19.7. The van der Waals surface area contributed by atoms with E-state index in [1.165, 1.54) is 0 Å². The Bertz CT molecular complexity index is 1030. The molecule has 0 atom stereocenters. The molecule has 0 fully saturated rings. The van der Waals surface area contributed by atoms with E-state index in [-0.39, 0.29) is 18.7 Å².